The summed E-state index contributed by atoms with van der Waals surface area (Å²) in [5, 5.41) is 0.875. The van der Waals surface area contributed by atoms with E-state index in [9.17, 15) is 4.79 Å². The average molecular weight is 287 g/mol. The SMILES string of the molecule is CN(C)C(=O)c1cc2cnc(N)nc2n1C1CCCCC1. The van der Waals surface area contributed by atoms with Gasteiger partial charge in [0, 0.05) is 31.7 Å². The van der Waals surface area contributed by atoms with Crippen LogP contribution < -0.4 is 5.73 Å². The molecule has 112 valence electrons. The number of hydrogen-bond donors (Lipinski definition) is 1. The minimum absolute atomic E-state index is 0.00264. The van der Waals surface area contributed by atoms with Crippen LogP contribution >= 0.6 is 0 Å². The van der Waals surface area contributed by atoms with Crippen molar-refractivity contribution in [2.24, 2.45) is 0 Å². The van der Waals surface area contributed by atoms with Gasteiger partial charge >= 0.3 is 0 Å². The summed E-state index contributed by atoms with van der Waals surface area (Å²) in [6, 6.07) is 2.20. The third kappa shape index (κ3) is 2.46. The molecule has 21 heavy (non-hydrogen) atoms. The van der Waals surface area contributed by atoms with Crippen LogP contribution in [0.5, 0.6) is 0 Å². The van der Waals surface area contributed by atoms with Crippen LogP contribution in [0.15, 0.2) is 12.3 Å². The second-order valence-corrected chi connectivity index (χ2v) is 5.90. The number of nitrogens with two attached hydrogens (primary N) is 1. The fourth-order valence-electron chi connectivity index (χ4n) is 3.12. The van der Waals surface area contributed by atoms with Gasteiger partial charge in [-0.1, -0.05) is 19.3 Å². The van der Waals surface area contributed by atoms with Gasteiger partial charge in [-0.25, -0.2) is 4.98 Å². The molecule has 1 aliphatic carbocycles. The van der Waals surface area contributed by atoms with Gasteiger partial charge in [0.15, 0.2) is 0 Å². The van der Waals surface area contributed by atoms with Crippen LogP contribution in [0.4, 0.5) is 5.95 Å². The Balaban J connectivity index is 2.18. The van der Waals surface area contributed by atoms with Gasteiger partial charge in [0.25, 0.3) is 5.91 Å². The highest BCUT2D eigenvalue weighted by Crippen LogP contribution is 2.33. The first-order valence-electron chi connectivity index (χ1n) is 7.43. The molecule has 0 aromatic carbocycles. The van der Waals surface area contributed by atoms with Crippen molar-refractivity contribution in [2.45, 2.75) is 38.1 Å². The number of rotatable bonds is 2. The molecule has 6 heteroatoms. The van der Waals surface area contributed by atoms with Crippen LogP contribution in [0.3, 0.4) is 0 Å². The van der Waals surface area contributed by atoms with E-state index in [0.29, 0.717) is 11.7 Å². The zero-order valence-electron chi connectivity index (χ0n) is 12.5. The van der Waals surface area contributed by atoms with Crippen molar-refractivity contribution in [1.82, 2.24) is 19.4 Å². The van der Waals surface area contributed by atoms with E-state index in [2.05, 4.69) is 14.5 Å². The summed E-state index contributed by atoms with van der Waals surface area (Å²) >= 11 is 0. The highest BCUT2D eigenvalue weighted by atomic mass is 16.2. The molecule has 6 nitrogen and oxygen atoms in total. The molecular formula is C15H21N5O. The molecule has 0 radical (unpaired) electrons. The Kier molecular flexibility index (Phi) is 3.53. The standard InChI is InChI=1S/C15H21N5O/c1-19(2)14(21)12-8-10-9-17-15(16)18-13(10)20(12)11-6-4-3-5-7-11/h8-9,11H,3-7H2,1-2H3,(H2,16,17,18). The maximum absolute atomic E-state index is 12.5. The predicted octanol–water partition coefficient (Wildman–Crippen LogP) is 2.22. The van der Waals surface area contributed by atoms with Crippen molar-refractivity contribution in [3.05, 3.63) is 18.0 Å². The lowest BCUT2D eigenvalue weighted by molar-refractivity contribution is 0.0813. The lowest BCUT2D eigenvalue weighted by atomic mass is 9.95. The van der Waals surface area contributed by atoms with Gasteiger partial charge in [-0.3, -0.25) is 4.79 Å². The number of aromatic nitrogens is 3. The number of fused-ring (bicyclic) bond motifs is 1. The predicted molar refractivity (Wildman–Crippen MR) is 82.1 cm³/mol. The number of nitrogens with zero attached hydrogens (tertiary/aromatic N) is 4. The maximum atomic E-state index is 12.5. The quantitative estimate of drug-likeness (QED) is 0.918. The molecule has 2 aromatic rings. The fourth-order valence-corrected chi connectivity index (χ4v) is 3.12. The molecule has 2 heterocycles. The molecule has 1 amide bonds. The van der Waals surface area contributed by atoms with Crippen LogP contribution in [-0.4, -0.2) is 39.4 Å². The van der Waals surface area contributed by atoms with Gasteiger partial charge in [0.05, 0.1) is 0 Å². The topological polar surface area (TPSA) is 77.0 Å². The molecule has 0 atom stereocenters. The number of carbonyl (C=O) groups is 1. The van der Waals surface area contributed by atoms with E-state index in [1.54, 1.807) is 25.2 Å². The summed E-state index contributed by atoms with van der Waals surface area (Å²) in [7, 11) is 3.54. The summed E-state index contributed by atoms with van der Waals surface area (Å²) < 4.78 is 2.08. The van der Waals surface area contributed by atoms with Crippen LogP contribution in [0.2, 0.25) is 0 Å². The van der Waals surface area contributed by atoms with Gasteiger partial charge in [-0.2, -0.15) is 4.98 Å². The van der Waals surface area contributed by atoms with Crippen LogP contribution in [0, 0.1) is 0 Å². The minimum Gasteiger partial charge on any atom is -0.368 e. The van der Waals surface area contributed by atoms with E-state index < -0.39 is 0 Å². The molecule has 1 aliphatic rings. The van der Waals surface area contributed by atoms with Gasteiger partial charge in [-0.05, 0) is 18.9 Å². The van der Waals surface area contributed by atoms with Crippen molar-refractivity contribution in [3.8, 4) is 0 Å². The Hall–Kier alpha value is -2.11. The van der Waals surface area contributed by atoms with Crippen molar-refractivity contribution in [3.63, 3.8) is 0 Å². The van der Waals surface area contributed by atoms with Crippen molar-refractivity contribution < 1.29 is 4.79 Å². The molecular weight excluding hydrogens is 266 g/mol. The van der Waals surface area contributed by atoms with Crippen LogP contribution in [-0.2, 0) is 0 Å². The smallest absolute Gasteiger partial charge is 0.270 e. The van der Waals surface area contributed by atoms with E-state index in [4.69, 9.17) is 5.73 Å². The lowest BCUT2D eigenvalue weighted by Crippen LogP contribution is -2.26. The number of nitrogen functional groups attached to an aromatic ring is 1. The number of hydrogen-bond acceptors (Lipinski definition) is 4. The zero-order chi connectivity index (χ0) is 15.0. The Morgan fingerprint density at radius 3 is 2.71 bits per heavy atom. The Morgan fingerprint density at radius 1 is 1.33 bits per heavy atom. The molecule has 2 aromatic heterocycles. The summed E-state index contributed by atoms with van der Waals surface area (Å²) in [5.74, 6) is 0.249. The zero-order valence-corrected chi connectivity index (χ0v) is 12.5. The number of anilines is 1. The number of carbonyl (C=O) groups excluding carboxylic acids is 1. The van der Waals surface area contributed by atoms with E-state index >= 15 is 0 Å². The second kappa shape index (κ2) is 5.35. The van der Waals surface area contributed by atoms with Gasteiger partial charge in [0.2, 0.25) is 5.95 Å². The molecule has 0 unspecified atom stereocenters. The Labute approximate surface area is 124 Å². The maximum Gasteiger partial charge on any atom is 0.270 e. The highest BCUT2D eigenvalue weighted by molar-refractivity contribution is 5.97. The van der Waals surface area contributed by atoms with Crippen molar-refractivity contribution in [1.29, 1.82) is 0 Å². The van der Waals surface area contributed by atoms with E-state index in [0.717, 1.165) is 23.9 Å². The fraction of sp³-hybridized carbons (Fsp3) is 0.533. The third-order valence-electron chi connectivity index (χ3n) is 4.16. The number of amides is 1. The summed E-state index contributed by atoms with van der Waals surface area (Å²) in [4.78, 5) is 22.5. The molecule has 1 saturated carbocycles. The third-order valence-corrected chi connectivity index (χ3v) is 4.16. The highest BCUT2D eigenvalue weighted by Gasteiger charge is 2.25. The monoisotopic (exact) mass is 287 g/mol. The lowest BCUT2D eigenvalue weighted by Gasteiger charge is -2.26. The van der Waals surface area contributed by atoms with E-state index in [1.807, 2.05) is 6.07 Å². The summed E-state index contributed by atoms with van der Waals surface area (Å²) in [5.41, 5.74) is 7.20. The largest absolute Gasteiger partial charge is 0.368 e. The first kappa shape index (κ1) is 13.9. The molecule has 0 bridgehead atoms. The first-order valence-corrected chi connectivity index (χ1v) is 7.43. The molecule has 0 spiro atoms. The average Bonchev–Trinajstić information content (AvgIpc) is 2.85. The minimum atomic E-state index is -0.00264. The van der Waals surface area contributed by atoms with E-state index in [1.165, 1.54) is 19.3 Å². The second-order valence-electron chi connectivity index (χ2n) is 5.90. The van der Waals surface area contributed by atoms with Gasteiger partial charge in [0.1, 0.15) is 11.3 Å². The molecule has 2 N–H and O–H groups in total. The normalized spacial score (nSPS) is 16.3. The van der Waals surface area contributed by atoms with E-state index in [-0.39, 0.29) is 11.9 Å². The van der Waals surface area contributed by atoms with Gasteiger partial charge in [-0.15, -0.1) is 0 Å². The molecule has 0 aliphatic heterocycles. The Morgan fingerprint density at radius 2 is 2.05 bits per heavy atom. The van der Waals surface area contributed by atoms with Crippen LogP contribution in [0.25, 0.3) is 11.0 Å². The molecule has 3 rings (SSSR count). The molecule has 1 fully saturated rings. The van der Waals surface area contributed by atoms with Gasteiger partial charge < -0.3 is 15.2 Å². The first-order chi connectivity index (χ1) is 10.1. The van der Waals surface area contributed by atoms with Crippen molar-refractivity contribution >= 4 is 22.9 Å². The summed E-state index contributed by atoms with van der Waals surface area (Å²) in [6.45, 7) is 0. The Bertz CT molecular complexity index is 670. The van der Waals surface area contributed by atoms with Crippen LogP contribution in [0.1, 0.15) is 48.6 Å². The summed E-state index contributed by atoms with van der Waals surface area (Å²) in [6.07, 6.45) is 7.52. The van der Waals surface area contributed by atoms with Crippen molar-refractivity contribution in [2.75, 3.05) is 19.8 Å². The molecule has 0 saturated heterocycles.